The van der Waals surface area contributed by atoms with E-state index in [1.165, 1.54) is 36.2 Å². The molecule has 4 aromatic carbocycles. The number of aromatic amines is 2. The van der Waals surface area contributed by atoms with Gasteiger partial charge in [0.1, 0.15) is 17.7 Å². The number of hydrogen-bond donors (Lipinski definition) is 3. The van der Waals surface area contributed by atoms with E-state index in [9.17, 15) is 32.7 Å². The molecule has 2 aliphatic rings. The number of carboxylic acid groups (broad SMARTS) is 1. The van der Waals surface area contributed by atoms with Gasteiger partial charge in [0.25, 0.3) is 17.4 Å². The van der Waals surface area contributed by atoms with Gasteiger partial charge in [-0.25, -0.2) is 14.8 Å². The Morgan fingerprint density at radius 1 is 0.721 bits per heavy atom. The molecule has 0 aliphatic carbocycles. The zero-order valence-electron chi connectivity index (χ0n) is 33.5. The Bertz CT molecular complexity index is 2490. The fraction of sp³-hybridized carbons (Fsp3) is 0.283. The van der Waals surface area contributed by atoms with E-state index in [1.54, 1.807) is 47.6 Å². The molecule has 15 heteroatoms. The molecule has 6 aromatic rings. The van der Waals surface area contributed by atoms with Crippen molar-refractivity contribution in [2.45, 2.75) is 55.6 Å². The summed E-state index contributed by atoms with van der Waals surface area (Å²) in [5.41, 5.74) is 2.24. The van der Waals surface area contributed by atoms with Crippen molar-refractivity contribution in [3.63, 3.8) is 0 Å². The number of carbonyl (C=O) groups excluding carboxylic acids is 2. The van der Waals surface area contributed by atoms with Gasteiger partial charge in [0.05, 0.1) is 35.9 Å². The van der Waals surface area contributed by atoms with Gasteiger partial charge in [-0.2, -0.15) is 13.2 Å². The third kappa shape index (κ3) is 7.65. The summed E-state index contributed by atoms with van der Waals surface area (Å²) in [4.78, 5) is 59.6. The Kier molecular flexibility index (Phi) is 11.2. The maximum atomic E-state index is 14.7. The van der Waals surface area contributed by atoms with Crippen LogP contribution in [0, 0.1) is 0 Å². The van der Waals surface area contributed by atoms with Gasteiger partial charge in [0.15, 0.2) is 0 Å². The molecule has 4 heterocycles. The fourth-order valence-corrected chi connectivity index (χ4v) is 8.64. The van der Waals surface area contributed by atoms with Crippen LogP contribution in [0.4, 0.5) is 18.0 Å². The van der Waals surface area contributed by atoms with Crippen molar-refractivity contribution in [3.8, 4) is 33.6 Å². The molecule has 12 nitrogen and oxygen atoms in total. The van der Waals surface area contributed by atoms with E-state index >= 15 is 0 Å². The number of rotatable bonds is 11. The number of likely N-dealkylation sites (tertiary alicyclic amines) is 2. The minimum absolute atomic E-state index is 0.131. The number of methoxy groups -OCH3 is 1. The maximum Gasteiger partial charge on any atom is 0.430 e. The monoisotopic (exact) mass is 831 g/mol. The summed E-state index contributed by atoms with van der Waals surface area (Å²) in [5, 5.41) is 9.79. The molecular formula is C46H44F3N7O5. The predicted molar refractivity (Wildman–Crippen MR) is 221 cm³/mol. The van der Waals surface area contributed by atoms with Crippen LogP contribution in [0.2, 0.25) is 0 Å². The molecule has 0 radical (unpaired) electrons. The van der Waals surface area contributed by atoms with Crippen LogP contribution >= 0.6 is 0 Å². The van der Waals surface area contributed by atoms with Gasteiger partial charge < -0.3 is 29.6 Å². The lowest BCUT2D eigenvalue weighted by Gasteiger charge is -2.38. The molecule has 2 saturated heterocycles. The summed E-state index contributed by atoms with van der Waals surface area (Å²) in [6.45, 7) is 0.619. The van der Waals surface area contributed by atoms with Gasteiger partial charge in [-0.05, 0) is 53.5 Å². The first-order valence-electron chi connectivity index (χ1n) is 20.0. The van der Waals surface area contributed by atoms with Crippen LogP contribution in [-0.4, -0.2) is 91.1 Å². The van der Waals surface area contributed by atoms with Crippen LogP contribution in [-0.2, 0) is 19.9 Å². The number of likely N-dealkylation sites (N-methyl/N-ethyl adjacent to an activating group) is 1. The minimum Gasteiger partial charge on any atom is -0.465 e. The molecule has 314 valence electrons. The number of carbonyl (C=O) groups is 3. The highest BCUT2D eigenvalue weighted by molar-refractivity contribution is 5.89. The Hall–Kier alpha value is -6.74. The second kappa shape index (κ2) is 16.7. The first-order valence-corrected chi connectivity index (χ1v) is 20.0. The smallest absolute Gasteiger partial charge is 0.430 e. The van der Waals surface area contributed by atoms with Crippen LogP contribution < -0.4 is 0 Å². The number of halogens is 3. The van der Waals surface area contributed by atoms with Crippen LogP contribution in [0.15, 0.2) is 122 Å². The van der Waals surface area contributed by atoms with E-state index in [4.69, 9.17) is 4.74 Å². The number of hydrogen-bond acceptors (Lipinski definition) is 6. The lowest BCUT2D eigenvalue weighted by Crippen LogP contribution is -2.56. The maximum absolute atomic E-state index is 14.7. The summed E-state index contributed by atoms with van der Waals surface area (Å²) in [7, 11) is 2.32. The second-order valence-electron chi connectivity index (χ2n) is 15.3. The second-order valence-corrected chi connectivity index (χ2v) is 15.3. The summed E-state index contributed by atoms with van der Waals surface area (Å²) >= 11 is 0. The standard InChI is InChI=1S/C46H44F3N7O5/c1-54(44(59)60)39(33-11-5-3-6-12-33)42(57)55-25-9-15-37(55)40-50-27-35(52-40)31-21-17-29(18-22-31)30-19-23-32(24-20-30)36-28-51-41(53-36)38-16-10-26-56(38)43(58)45(61-2,46(47,48)49)34-13-7-4-8-14-34/h3-8,11-14,17-24,27-28,37-39H,9-10,15-16,25-26H2,1-2H3,(H,50,52)(H,51,53)(H,59,60)/t37-,38-,39+,45-/m0/s1. The van der Waals surface area contributed by atoms with Gasteiger partial charge in [0.2, 0.25) is 0 Å². The highest BCUT2D eigenvalue weighted by atomic mass is 19.4. The number of ether oxygens (including phenoxy) is 1. The SMILES string of the molecule is CO[C@](C(=O)N1CCC[C@H]1c1ncc(-c2ccc(-c3ccc(-c4cnc([C@@H]5CCCN5C(=O)[C@@H](c5ccccc5)N(C)C(=O)O)[nH]4)cc3)cc2)[nH]1)(c1ccccc1)C(F)(F)F. The van der Waals surface area contributed by atoms with Crippen molar-refractivity contribution in [3.05, 3.63) is 144 Å². The van der Waals surface area contributed by atoms with Gasteiger partial charge in [-0.1, -0.05) is 109 Å². The van der Waals surface area contributed by atoms with Crippen LogP contribution in [0.5, 0.6) is 0 Å². The molecule has 8 rings (SSSR count). The molecule has 0 spiro atoms. The number of nitrogens with zero attached hydrogens (tertiary/aromatic N) is 5. The Morgan fingerprint density at radius 3 is 1.66 bits per heavy atom. The van der Waals surface area contributed by atoms with Crippen LogP contribution in [0.3, 0.4) is 0 Å². The Balaban J connectivity index is 0.950. The Labute approximate surface area is 350 Å². The van der Waals surface area contributed by atoms with Gasteiger partial charge in [-0.3, -0.25) is 14.5 Å². The highest BCUT2D eigenvalue weighted by Crippen LogP contribution is 2.46. The molecule has 3 N–H and O–H groups in total. The topological polar surface area (TPSA) is 148 Å². The van der Waals surface area contributed by atoms with E-state index < -0.39 is 35.9 Å². The zero-order valence-corrected chi connectivity index (χ0v) is 33.5. The first kappa shape index (κ1) is 41.0. The summed E-state index contributed by atoms with van der Waals surface area (Å²) in [5.74, 6) is -0.438. The Morgan fingerprint density at radius 2 is 1.18 bits per heavy atom. The molecule has 0 unspecified atom stereocenters. The molecular weight excluding hydrogens is 788 g/mol. The predicted octanol–water partition coefficient (Wildman–Crippen LogP) is 8.92. The van der Waals surface area contributed by atoms with Gasteiger partial charge >= 0.3 is 12.3 Å². The molecule has 2 fully saturated rings. The van der Waals surface area contributed by atoms with E-state index in [2.05, 4.69) is 19.9 Å². The quantitative estimate of drug-likeness (QED) is 0.118. The molecule has 0 saturated carbocycles. The van der Waals surface area contributed by atoms with Crippen molar-refractivity contribution >= 4 is 17.9 Å². The number of benzene rings is 4. The molecule has 2 aromatic heterocycles. The number of aromatic nitrogens is 4. The molecule has 0 bridgehead atoms. The number of imidazole rings is 2. The van der Waals surface area contributed by atoms with Crippen molar-refractivity contribution in [2.75, 3.05) is 27.2 Å². The van der Waals surface area contributed by atoms with Gasteiger partial charge in [0, 0.05) is 32.8 Å². The molecule has 4 atom stereocenters. The van der Waals surface area contributed by atoms with E-state index in [-0.39, 0.29) is 24.1 Å². The molecule has 3 amide bonds. The number of H-pyrrole nitrogens is 2. The third-order valence-corrected chi connectivity index (χ3v) is 11.8. The van der Waals surface area contributed by atoms with Crippen molar-refractivity contribution < 1.29 is 37.4 Å². The number of amides is 3. The van der Waals surface area contributed by atoms with Crippen LogP contribution in [0.25, 0.3) is 33.6 Å². The van der Waals surface area contributed by atoms with E-state index in [0.29, 0.717) is 48.7 Å². The fourth-order valence-electron chi connectivity index (χ4n) is 8.64. The summed E-state index contributed by atoms with van der Waals surface area (Å²) in [6, 6.07) is 29.7. The van der Waals surface area contributed by atoms with Crippen molar-refractivity contribution in [1.82, 2.24) is 34.6 Å². The lowest BCUT2D eigenvalue weighted by molar-refractivity contribution is -0.270. The average Bonchev–Trinajstić information content (AvgIpc) is 4.12. The molecule has 61 heavy (non-hydrogen) atoms. The summed E-state index contributed by atoms with van der Waals surface area (Å²) < 4.78 is 49.3. The number of alkyl halides is 3. The van der Waals surface area contributed by atoms with E-state index in [1.807, 2.05) is 54.6 Å². The third-order valence-electron chi connectivity index (χ3n) is 11.8. The normalized spacial score (nSPS) is 18.2. The average molecular weight is 832 g/mol. The zero-order chi connectivity index (χ0) is 42.9. The molecule has 2 aliphatic heterocycles. The van der Waals surface area contributed by atoms with E-state index in [0.717, 1.165) is 46.4 Å². The van der Waals surface area contributed by atoms with Gasteiger partial charge in [-0.15, -0.1) is 0 Å². The van der Waals surface area contributed by atoms with Crippen molar-refractivity contribution in [1.29, 1.82) is 0 Å². The highest BCUT2D eigenvalue weighted by Gasteiger charge is 2.64. The first-order chi connectivity index (χ1) is 29.4. The largest absolute Gasteiger partial charge is 0.465 e. The van der Waals surface area contributed by atoms with Crippen LogP contribution in [0.1, 0.15) is 66.6 Å². The minimum atomic E-state index is -5.01. The summed E-state index contributed by atoms with van der Waals surface area (Å²) in [6.07, 6.45) is -0.428. The van der Waals surface area contributed by atoms with Crippen molar-refractivity contribution in [2.24, 2.45) is 0 Å². The number of nitrogens with one attached hydrogen (secondary N) is 2. The lowest BCUT2D eigenvalue weighted by atomic mass is 9.90.